The van der Waals surface area contributed by atoms with Crippen LogP contribution in [0.1, 0.15) is 21.7 Å². The Morgan fingerprint density at radius 1 is 1.16 bits per heavy atom. The van der Waals surface area contributed by atoms with Gasteiger partial charge in [0.25, 0.3) is 5.91 Å². The normalized spacial score (nSPS) is 10.4. The first-order valence-corrected chi connectivity index (χ1v) is 7.41. The van der Waals surface area contributed by atoms with Crippen LogP contribution < -0.4 is 5.32 Å². The van der Waals surface area contributed by atoms with Gasteiger partial charge in [0.15, 0.2) is 6.61 Å². The molecule has 0 spiro atoms. The van der Waals surface area contributed by atoms with Crippen LogP contribution in [0.15, 0.2) is 53.2 Å². The molecule has 0 atom stereocenters. The van der Waals surface area contributed by atoms with Crippen molar-refractivity contribution in [1.82, 2.24) is 5.32 Å². The molecule has 7 nitrogen and oxygen atoms in total. The van der Waals surface area contributed by atoms with Crippen LogP contribution in [0.2, 0.25) is 0 Å². The van der Waals surface area contributed by atoms with Crippen LogP contribution in [0.25, 0.3) is 6.08 Å². The number of benzene rings is 1. The van der Waals surface area contributed by atoms with Crippen LogP contribution in [0.4, 0.5) is 0 Å². The van der Waals surface area contributed by atoms with Gasteiger partial charge in [-0.15, -0.1) is 0 Å². The van der Waals surface area contributed by atoms with Gasteiger partial charge in [-0.05, 0) is 35.9 Å². The number of hydrogen-bond donors (Lipinski definition) is 1. The summed E-state index contributed by atoms with van der Waals surface area (Å²) in [7, 11) is 1.31. The lowest BCUT2D eigenvalue weighted by molar-refractivity contribution is -0.143. The van der Waals surface area contributed by atoms with Crippen molar-refractivity contribution in [2.75, 3.05) is 13.7 Å². The van der Waals surface area contributed by atoms with Gasteiger partial charge in [0.05, 0.1) is 18.9 Å². The molecule has 2 rings (SSSR count). The molecule has 1 aromatic heterocycles. The van der Waals surface area contributed by atoms with E-state index in [9.17, 15) is 14.4 Å². The summed E-state index contributed by atoms with van der Waals surface area (Å²) in [6, 6.07) is 9.98. The summed E-state index contributed by atoms with van der Waals surface area (Å²) in [6.45, 7) is -0.137. The van der Waals surface area contributed by atoms with E-state index in [0.29, 0.717) is 11.3 Å². The lowest BCUT2D eigenvalue weighted by Crippen LogP contribution is -2.28. The minimum Gasteiger partial charge on any atom is -0.465 e. The summed E-state index contributed by atoms with van der Waals surface area (Å²) in [5.74, 6) is -0.993. The largest absolute Gasteiger partial charge is 0.465 e. The van der Waals surface area contributed by atoms with Crippen LogP contribution in [-0.4, -0.2) is 31.6 Å². The first-order valence-electron chi connectivity index (χ1n) is 7.41. The molecule has 0 saturated carbocycles. The van der Waals surface area contributed by atoms with E-state index in [4.69, 9.17) is 9.15 Å². The summed E-state index contributed by atoms with van der Waals surface area (Å²) in [5.41, 5.74) is 1.22. The molecule has 0 aliphatic rings. The molecule has 0 fully saturated rings. The molecule has 0 aliphatic carbocycles. The van der Waals surface area contributed by atoms with E-state index < -0.39 is 17.8 Å². The average molecular weight is 343 g/mol. The maximum absolute atomic E-state index is 11.7. The summed E-state index contributed by atoms with van der Waals surface area (Å²) >= 11 is 0. The van der Waals surface area contributed by atoms with Gasteiger partial charge in [-0.1, -0.05) is 12.1 Å². The Kier molecular flexibility index (Phi) is 6.53. The Hall–Kier alpha value is -3.35. The zero-order valence-corrected chi connectivity index (χ0v) is 13.6. The van der Waals surface area contributed by atoms with E-state index in [2.05, 4.69) is 10.1 Å². The maximum Gasteiger partial charge on any atom is 0.337 e. The third-order valence-electron chi connectivity index (χ3n) is 3.14. The fraction of sp³-hybridized carbons (Fsp3) is 0.167. The predicted molar refractivity (Wildman–Crippen MR) is 88.3 cm³/mol. The molecule has 1 amide bonds. The van der Waals surface area contributed by atoms with Gasteiger partial charge >= 0.3 is 11.9 Å². The van der Waals surface area contributed by atoms with Gasteiger partial charge in [0.2, 0.25) is 0 Å². The first-order chi connectivity index (χ1) is 12.1. The van der Waals surface area contributed by atoms with E-state index in [0.717, 1.165) is 5.56 Å². The minimum atomic E-state index is -0.644. The molecule has 1 aromatic carbocycles. The highest BCUT2D eigenvalue weighted by atomic mass is 16.5. The Labute approximate surface area is 144 Å². The molecule has 7 heteroatoms. The number of rotatable bonds is 7. The van der Waals surface area contributed by atoms with E-state index in [1.165, 1.54) is 25.5 Å². The number of methoxy groups -OCH3 is 1. The van der Waals surface area contributed by atoms with Gasteiger partial charge in [-0.3, -0.25) is 4.79 Å². The van der Waals surface area contributed by atoms with Gasteiger partial charge in [-0.2, -0.15) is 0 Å². The lowest BCUT2D eigenvalue weighted by Gasteiger charge is -2.06. The number of amides is 1. The van der Waals surface area contributed by atoms with Crippen molar-refractivity contribution in [2.45, 2.75) is 6.54 Å². The van der Waals surface area contributed by atoms with Gasteiger partial charge < -0.3 is 19.2 Å². The fourth-order valence-electron chi connectivity index (χ4n) is 1.85. The molecule has 2 aromatic rings. The van der Waals surface area contributed by atoms with Crippen molar-refractivity contribution in [1.29, 1.82) is 0 Å². The van der Waals surface area contributed by atoms with Crippen molar-refractivity contribution < 1.29 is 28.3 Å². The summed E-state index contributed by atoms with van der Waals surface area (Å²) in [4.78, 5) is 34.5. The van der Waals surface area contributed by atoms with Gasteiger partial charge in [0.1, 0.15) is 5.76 Å². The van der Waals surface area contributed by atoms with E-state index in [-0.39, 0.29) is 13.2 Å². The highest BCUT2D eigenvalue weighted by Gasteiger charge is 2.07. The van der Waals surface area contributed by atoms with E-state index in [1.54, 1.807) is 36.4 Å². The maximum atomic E-state index is 11.7. The molecule has 130 valence electrons. The van der Waals surface area contributed by atoms with Crippen molar-refractivity contribution in [3.63, 3.8) is 0 Å². The number of furan rings is 1. The highest BCUT2D eigenvalue weighted by molar-refractivity contribution is 5.89. The van der Waals surface area contributed by atoms with Crippen LogP contribution >= 0.6 is 0 Å². The van der Waals surface area contributed by atoms with Crippen molar-refractivity contribution in [2.24, 2.45) is 0 Å². The second-order valence-electron chi connectivity index (χ2n) is 4.92. The van der Waals surface area contributed by atoms with Gasteiger partial charge in [0, 0.05) is 12.6 Å². The Bertz CT molecular complexity index is 746. The number of esters is 2. The Morgan fingerprint density at radius 2 is 1.92 bits per heavy atom. The highest BCUT2D eigenvalue weighted by Crippen LogP contribution is 2.05. The molecule has 0 saturated heterocycles. The Morgan fingerprint density at radius 3 is 2.56 bits per heavy atom. The van der Waals surface area contributed by atoms with Crippen molar-refractivity contribution in [3.8, 4) is 0 Å². The van der Waals surface area contributed by atoms with E-state index >= 15 is 0 Å². The molecule has 25 heavy (non-hydrogen) atoms. The summed E-state index contributed by atoms with van der Waals surface area (Å²) < 4.78 is 14.4. The Balaban J connectivity index is 1.71. The monoisotopic (exact) mass is 343 g/mol. The minimum absolute atomic E-state index is 0.250. The van der Waals surface area contributed by atoms with Crippen LogP contribution in [0.5, 0.6) is 0 Å². The molecule has 0 unspecified atom stereocenters. The van der Waals surface area contributed by atoms with E-state index in [1.807, 2.05) is 0 Å². The second kappa shape index (κ2) is 9.07. The first kappa shape index (κ1) is 18.0. The number of carbonyl (C=O) groups is 3. The zero-order chi connectivity index (χ0) is 18.1. The van der Waals surface area contributed by atoms with Crippen molar-refractivity contribution in [3.05, 3.63) is 65.6 Å². The molecule has 1 N–H and O–H groups in total. The lowest BCUT2D eigenvalue weighted by atomic mass is 10.1. The summed E-state index contributed by atoms with van der Waals surface area (Å²) in [6.07, 6.45) is 4.11. The average Bonchev–Trinajstić information content (AvgIpc) is 3.16. The topological polar surface area (TPSA) is 94.8 Å². The number of carbonyl (C=O) groups excluding carboxylic acids is 3. The SMILES string of the molecule is COC(=O)c1ccc(CNC(=O)COC(=O)/C=C/c2ccco2)cc1. The number of nitrogens with one attached hydrogen (secondary N) is 1. The third kappa shape index (κ3) is 5.98. The molecular weight excluding hydrogens is 326 g/mol. The smallest absolute Gasteiger partial charge is 0.337 e. The fourth-order valence-corrected chi connectivity index (χ4v) is 1.85. The number of ether oxygens (including phenoxy) is 2. The van der Waals surface area contributed by atoms with Crippen LogP contribution in [0, 0.1) is 0 Å². The zero-order valence-electron chi connectivity index (χ0n) is 13.6. The van der Waals surface area contributed by atoms with Crippen molar-refractivity contribution >= 4 is 23.9 Å². The molecule has 0 radical (unpaired) electrons. The number of hydrogen-bond acceptors (Lipinski definition) is 6. The van der Waals surface area contributed by atoms with Crippen LogP contribution in [-0.2, 0) is 25.6 Å². The predicted octanol–water partition coefficient (Wildman–Crippen LogP) is 1.94. The quantitative estimate of drug-likeness (QED) is 0.610. The second-order valence-corrected chi connectivity index (χ2v) is 4.92. The molecule has 0 bridgehead atoms. The molecule has 1 heterocycles. The summed E-state index contributed by atoms with van der Waals surface area (Å²) in [5, 5.41) is 2.61. The molecule has 0 aliphatic heterocycles. The molecular formula is C18H17NO6. The van der Waals surface area contributed by atoms with Gasteiger partial charge in [-0.25, -0.2) is 9.59 Å². The van der Waals surface area contributed by atoms with Crippen LogP contribution in [0.3, 0.4) is 0 Å². The third-order valence-corrected chi connectivity index (χ3v) is 3.14. The standard InChI is InChI=1S/C18H17NO6/c1-23-18(22)14-6-4-13(5-7-14)11-19-16(20)12-25-17(21)9-8-15-3-2-10-24-15/h2-10H,11-12H2,1H3,(H,19,20)/b9-8+.